The van der Waals surface area contributed by atoms with Crippen LogP contribution in [-0.4, -0.2) is 22.7 Å². The highest BCUT2D eigenvalue weighted by molar-refractivity contribution is 5.46. The summed E-state index contributed by atoms with van der Waals surface area (Å²) in [5.41, 5.74) is 1.51. The van der Waals surface area contributed by atoms with Crippen LogP contribution in [0.1, 0.15) is 24.5 Å². The van der Waals surface area contributed by atoms with Crippen molar-refractivity contribution < 1.29 is 13.9 Å². The van der Waals surface area contributed by atoms with Crippen LogP contribution in [0.25, 0.3) is 0 Å². The van der Waals surface area contributed by atoms with E-state index in [2.05, 4.69) is 14.9 Å². The second-order valence-corrected chi connectivity index (χ2v) is 6.39. The molecule has 0 fully saturated rings. The Morgan fingerprint density at radius 3 is 2.71 bits per heavy atom. The topological polar surface area (TPSA) is 48.3 Å². The quantitative estimate of drug-likeness (QED) is 0.505. The summed E-state index contributed by atoms with van der Waals surface area (Å²) in [5, 5.41) is 3.44. The fourth-order valence-corrected chi connectivity index (χ4v) is 2.93. The summed E-state index contributed by atoms with van der Waals surface area (Å²) in [4.78, 5) is 4.04. The zero-order valence-corrected chi connectivity index (χ0v) is 16.1. The highest BCUT2D eigenvalue weighted by Crippen LogP contribution is 2.32. The van der Waals surface area contributed by atoms with Crippen molar-refractivity contribution in [1.82, 2.24) is 14.9 Å². The molecular weight excluding hydrogens is 357 g/mol. The van der Waals surface area contributed by atoms with Crippen molar-refractivity contribution in [1.29, 1.82) is 0 Å². The predicted molar refractivity (Wildman–Crippen MR) is 107 cm³/mol. The highest BCUT2D eigenvalue weighted by Gasteiger charge is 2.12. The smallest absolute Gasteiger partial charge is 0.166 e. The lowest BCUT2D eigenvalue weighted by molar-refractivity contribution is 0.262. The van der Waals surface area contributed by atoms with Gasteiger partial charge < -0.3 is 19.4 Å². The van der Waals surface area contributed by atoms with E-state index in [9.17, 15) is 4.39 Å². The van der Waals surface area contributed by atoms with E-state index in [0.717, 1.165) is 25.1 Å². The molecule has 0 bridgehead atoms. The Kier molecular flexibility index (Phi) is 7.44. The minimum Gasteiger partial charge on any atom is -0.490 e. The van der Waals surface area contributed by atoms with Crippen molar-refractivity contribution in [3.63, 3.8) is 0 Å². The number of aryl methyl sites for hydroxylation is 1. The first-order chi connectivity index (χ1) is 13.8. The lowest BCUT2D eigenvalue weighted by Crippen LogP contribution is -2.17. The van der Waals surface area contributed by atoms with Crippen molar-refractivity contribution >= 4 is 0 Å². The predicted octanol–water partition coefficient (Wildman–Crippen LogP) is 4.18. The van der Waals surface area contributed by atoms with Crippen LogP contribution in [-0.2, 0) is 19.7 Å². The summed E-state index contributed by atoms with van der Waals surface area (Å²) in [6.07, 6.45) is 6.55. The summed E-state index contributed by atoms with van der Waals surface area (Å²) < 4.78 is 27.7. The first-order valence-corrected chi connectivity index (χ1v) is 9.55. The number of rotatable bonds is 11. The van der Waals surface area contributed by atoms with Crippen molar-refractivity contribution in [2.24, 2.45) is 0 Å². The van der Waals surface area contributed by atoms with Gasteiger partial charge in [-0.25, -0.2) is 9.37 Å². The summed E-state index contributed by atoms with van der Waals surface area (Å²) in [6, 6.07) is 12.5. The van der Waals surface area contributed by atoms with Crippen molar-refractivity contribution in [2.75, 3.05) is 13.2 Å². The molecule has 0 aliphatic heterocycles. The van der Waals surface area contributed by atoms with Gasteiger partial charge in [-0.15, -0.1) is 0 Å². The monoisotopic (exact) mass is 383 g/mol. The van der Waals surface area contributed by atoms with Crippen LogP contribution in [0, 0.1) is 5.82 Å². The number of nitrogens with zero attached hydrogens (tertiary/aromatic N) is 2. The molecule has 0 unspecified atom stereocenters. The van der Waals surface area contributed by atoms with Crippen LogP contribution >= 0.6 is 0 Å². The third-order valence-corrected chi connectivity index (χ3v) is 4.33. The molecule has 1 aromatic heterocycles. The fraction of sp³-hybridized carbons (Fsp3) is 0.318. The molecule has 5 nitrogen and oxygen atoms in total. The third kappa shape index (κ3) is 5.57. The number of nitrogens with one attached hydrogen (secondary N) is 1. The van der Waals surface area contributed by atoms with E-state index < -0.39 is 0 Å². The van der Waals surface area contributed by atoms with Gasteiger partial charge in [0.1, 0.15) is 12.4 Å². The SMILES string of the molecule is CCOc1cccc(CNCCCn2ccnc2)c1OCc1ccccc1F. The molecule has 2 aromatic carbocycles. The summed E-state index contributed by atoms with van der Waals surface area (Å²) in [6.45, 7) is 5.06. The molecule has 6 heteroatoms. The van der Waals surface area contributed by atoms with Gasteiger partial charge in [-0.2, -0.15) is 0 Å². The van der Waals surface area contributed by atoms with E-state index >= 15 is 0 Å². The molecular formula is C22H26FN3O2. The molecule has 148 valence electrons. The number of para-hydroxylation sites is 1. The maximum atomic E-state index is 13.9. The average molecular weight is 383 g/mol. The van der Waals surface area contributed by atoms with E-state index in [-0.39, 0.29) is 12.4 Å². The lowest BCUT2D eigenvalue weighted by atomic mass is 10.1. The van der Waals surface area contributed by atoms with Crippen LogP contribution < -0.4 is 14.8 Å². The summed E-state index contributed by atoms with van der Waals surface area (Å²) >= 11 is 0. The fourth-order valence-electron chi connectivity index (χ4n) is 2.93. The molecule has 0 atom stereocenters. The van der Waals surface area contributed by atoms with E-state index in [4.69, 9.17) is 9.47 Å². The number of ether oxygens (including phenoxy) is 2. The van der Waals surface area contributed by atoms with Crippen LogP contribution in [0.2, 0.25) is 0 Å². The number of hydrogen-bond donors (Lipinski definition) is 1. The Labute approximate surface area is 165 Å². The number of aromatic nitrogens is 2. The minimum atomic E-state index is -0.268. The van der Waals surface area contributed by atoms with E-state index in [1.54, 1.807) is 24.4 Å². The van der Waals surface area contributed by atoms with Crippen LogP contribution in [0.3, 0.4) is 0 Å². The van der Waals surface area contributed by atoms with E-state index in [0.29, 0.717) is 30.2 Å². The largest absolute Gasteiger partial charge is 0.490 e. The first kappa shape index (κ1) is 19.9. The van der Waals surface area contributed by atoms with Crippen molar-refractivity contribution in [3.05, 3.63) is 78.1 Å². The van der Waals surface area contributed by atoms with Crippen LogP contribution in [0.4, 0.5) is 4.39 Å². The van der Waals surface area contributed by atoms with Gasteiger partial charge in [0.2, 0.25) is 0 Å². The van der Waals surface area contributed by atoms with E-state index in [1.165, 1.54) is 6.07 Å². The van der Waals surface area contributed by atoms with Crippen LogP contribution in [0.5, 0.6) is 11.5 Å². The number of hydrogen-bond acceptors (Lipinski definition) is 4. The molecule has 0 amide bonds. The number of imidazole rings is 1. The van der Waals surface area contributed by atoms with Gasteiger partial charge in [-0.1, -0.05) is 30.3 Å². The molecule has 0 aliphatic rings. The third-order valence-electron chi connectivity index (χ3n) is 4.33. The lowest BCUT2D eigenvalue weighted by Gasteiger charge is -2.17. The average Bonchev–Trinajstić information content (AvgIpc) is 3.22. The van der Waals surface area contributed by atoms with E-state index in [1.807, 2.05) is 37.6 Å². The van der Waals surface area contributed by atoms with Gasteiger partial charge in [0.25, 0.3) is 0 Å². The molecule has 3 aromatic rings. The van der Waals surface area contributed by atoms with Crippen molar-refractivity contribution in [2.45, 2.75) is 33.0 Å². The zero-order chi connectivity index (χ0) is 19.6. The standard InChI is InChI=1S/C22H26FN3O2/c1-2-27-21-10-5-8-18(15-24-11-6-13-26-14-12-25-17-26)22(21)28-16-19-7-3-4-9-20(19)23/h3-5,7-10,12,14,17,24H,2,6,11,13,15-16H2,1H3. The number of benzene rings is 2. The molecule has 0 spiro atoms. The Bertz CT molecular complexity index is 853. The molecule has 28 heavy (non-hydrogen) atoms. The van der Waals surface area contributed by atoms with Gasteiger partial charge in [0, 0.05) is 36.6 Å². The Hall–Kier alpha value is -2.86. The number of halogens is 1. The van der Waals surface area contributed by atoms with Gasteiger partial charge in [0.15, 0.2) is 11.5 Å². The maximum absolute atomic E-state index is 13.9. The van der Waals surface area contributed by atoms with Crippen molar-refractivity contribution in [3.8, 4) is 11.5 Å². The molecule has 0 saturated heterocycles. The molecule has 0 radical (unpaired) electrons. The second kappa shape index (κ2) is 10.5. The van der Waals surface area contributed by atoms with Crippen LogP contribution in [0.15, 0.2) is 61.2 Å². The van der Waals surface area contributed by atoms with Gasteiger partial charge >= 0.3 is 0 Å². The van der Waals surface area contributed by atoms with Gasteiger partial charge in [-0.05, 0) is 32.0 Å². The Morgan fingerprint density at radius 1 is 1.07 bits per heavy atom. The normalized spacial score (nSPS) is 10.8. The Morgan fingerprint density at radius 2 is 1.93 bits per heavy atom. The maximum Gasteiger partial charge on any atom is 0.166 e. The van der Waals surface area contributed by atoms with Gasteiger partial charge in [-0.3, -0.25) is 0 Å². The molecule has 0 aliphatic carbocycles. The summed E-state index contributed by atoms with van der Waals surface area (Å²) in [7, 11) is 0. The second-order valence-electron chi connectivity index (χ2n) is 6.39. The molecule has 1 heterocycles. The zero-order valence-electron chi connectivity index (χ0n) is 16.1. The first-order valence-electron chi connectivity index (χ1n) is 9.55. The highest BCUT2D eigenvalue weighted by atomic mass is 19.1. The molecule has 3 rings (SSSR count). The van der Waals surface area contributed by atoms with Gasteiger partial charge in [0.05, 0.1) is 12.9 Å². The molecule has 0 saturated carbocycles. The Balaban J connectivity index is 1.61. The summed E-state index contributed by atoms with van der Waals surface area (Å²) in [5.74, 6) is 1.07. The molecule has 1 N–H and O–H groups in total. The minimum absolute atomic E-state index is 0.157.